The first-order chi connectivity index (χ1) is 15.0. The van der Waals surface area contributed by atoms with E-state index in [1.807, 2.05) is 0 Å². The molecule has 2 aromatic carbocycles. The third kappa shape index (κ3) is 4.87. The third-order valence-electron chi connectivity index (χ3n) is 5.55. The summed E-state index contributed by atoms with van der Waals surface area (Å²) in [4.78, 5) is 26.1. The molecule has 1 N–H and O–H groups in total. The normalized spacial score (nSPS) is 21.3. The van der Waals surface area contributed by atoms with Crippen LogP contribution in [0.2, 0.25) is 10.0 Å². The quantitative estimate of drug-likeness (QED) is 0.554. The number of morpholine rings is 1. The van der Waals surface area contributed by atoms with Crippen LogP contribution in [-0.2, 0) is 14.3 Å². The number of alkyl halides is 3. The Kier molecular flexibility index (Phi) is 7.07. The van der Waals surface area contributed by atoms with Gasteiger partial charge in [-0.1, -0.05) is 54.4 Å². The van der Waals surface area contributed by atoms with Gasteiger partial charge >= 0.3 is 12.1 Å². The third-order valence-corrected chi connectivity index (χ3v) is 6.03. The Morgan fingerprint density at radius 2 is 1.78 bits per heavy atom. The molecule has 0 radical (unpaired) electrons. The van der Waals surface area contributed by atoms with Crippen LogP contribution >= 0.6 is 23.2 Å². The Labute approximate surface area is 192 Å². The number of carbonyl (C=O) groups is 2. The maximum absolute atomic E-state index is 13.6. The van der Waals surface area contributed by atoms with Crippen LogP contribution in [0.1, 0.15) is 43.0 Å². The molecule has 1 aliphatic rings. The molecule has 10 heteroatoms. The van der Waals surface area contributed by atoms with E-state index in [2.05, 4.69) is 0 Å². The Morgan fingerprint density at radius 3 is 2.31 bits per heavy atom. The number of ether oxygens (including phenoxy) is 1. The summed E-state index contributed by atoms with van der Waals surface area (Å²) in [5.74, 6) is -2.59. The molecule has 1 heterocycles. The molecule has 0 aliphatic carbocycles. The fourth-order valence-corrected chi connectivity index (χ4v) is 4.43. The zero-order chi connectivity index (χ0) is 23.7. The van der Waals surface area contributed by atoms with Gasteiger partial charge in [-0.2, -0.15) is 13.2 Å². The highest BCUT2D eigenvalue weighted by molar-refractivity contribution is 6.30. The zero-order valence-corrected chi connectivity index (χ0v) is 18.4. The lowest BCUT2D eigenvalue weighted by Gasteiger charge is -2.50. The fraction of sp³-hybridized carbons (Fsp3) is 0.364. The maximum atomic E-state index is 13.6. The van der Waals surface area contributed by atoms with Crippen LogP contribution in [0.4, 0.5) is 13.2 Å². The van der Waals surface area contributed by atoms with Crippen molar-refractivity contribution in [3.63, 3.8) is 0 Å². The molecular weight excluding hydrogens is 470 g/mol. The molecule has 0 unspecified atom stereocenters. The number of rotatable bonds is 6. The topological polar surface area (TPSA) is 66.8 Å². The summed E-state index contributed by atoms with van der Waals surface area (Å²) in [5.41, 5.74) is -1.65. The van der Waals surface area contributed by atoms with Gasteiger partial charge in [-0.3, -0.25) is 4.79 Å². The summed E-state index contributed by atoms with van der Waals surface area (Å²) in [6, 6.07) is 11.4. The van der Waals surface area contributed by atoms with Crippen molar-refractivity contribution in [2.75, 3.05) is 6.61 Å². The number of benzene rings is 2. The van der Waals surface area contributed by atoms with Crippen LogP contribution in [0.15, 0.2) is 48.5 Å². The molecule has 1 fully saturated rings. The number of nitrogens with zero attached hydrogens (tertiary/aromatic N) is 1. The number of hydrogen-bond acceptors (Lipinski definition) is 3. The molecule has 0 bridgehead atoms. The fourth-order valence-electron chi connectivity index (χ4n) is 4.11. The average Bonchev–Trinajstić information content (AvgIpc) is 2.71. The van der Waals surface area contributed by atoms with Gasteiger partial charge in [0, 0.05) is 10.0 Å². The van der Waals surface area contributed by atoms with Gasteiger partial charge in [0.25, 0.3) is 0 Å². The molecule has 0 aromatic heterocycles. The van der Waals surface area contributed by atoms with E-state index in [1.54, 1.807) is 24.3 Å². The lowest BCUT2D eigenvalue weighted by molar-refractivity contribution is -0.205. The van der Waals surface area contributed by atoms with E-state index < -0.39 is 55.2 Å². The molecule has 1 saturated heterocycles. The Hall–Kier alpha value is -2.29. The van der Waals surface area contributed by atoms with E-state index in [0.717, 1.165) is 4.90 Å². The molecule has 5 nitrogen and oxygen atoms in total. The van der Waals surface area contributed by atoms with Crippen molar-refractivity contribution in [2.24, 2.45) is 0 Å². The molecule has 0 saturated carbocycles. The lowest BCUT2D eigenvalue weighted by Crippen LogP contribution is -2.63. The van der Waals surface area contributed by atoms with Gasteiger partial charge in [0.1, 0.15) is 18.2 Å². The summed E-state index contributed by atoms with van der Waals surface area (Å²) >= 11 is 12.1. The van der Waals surface area contributed by atoms with E-state index >= 15 is 0 Å². The van der Waals surface area contributed by atoms with Crippen molar-refractivity contribution in [3.05, 3.63) is 69.7 Å². The first kappa shape index (κ1) is 24.4. The van der Waals surface area contributed by atoms with Gasteiger partial charge in [0.15, 0.2) is 0 Å². The number of aliphatic carboxylic acids is 1. The molecule has 1 amide bonds. The minimum Gasteiger partial charge on any atom is -0.479 e. The van der Waals surface area contributed by atoms with Crippen molar-refractivity contribution in [2.45, 2.75) is 43.6 Å². The number of carboxylic acid groups (broad SMARTS) is 1. The SMILES string of the molecule is CC[C@](CC(F)(F)F)(C(=O)O)N1C(=O)CO[C@H](c2cccc(Cl)c2)[C@H]1c1ccc(Cl)cc1. The summed E-state index contributed by atoms with van der Waals surface area (Å²) < 4.78 is 46.5. The molecule has 0 spiro atoms. The molecule has 2 aromatic rings. The van der Waals surface area contributed by atoms with Gasteiger partial charge < -0.3 is 14.7 Å². The van der Waals surface area contributed by atoms with Crippen molar-refractivity contribution in [1.82, 2.24) is 4.90 Å². The van der Waals surface area contributed by atoms with E-state index in [1.165, 1.54) is 31.2 Å². The first-order valence-electron chi connectivity index (χ1n) is 9.73. The summed E-state index contributed by atoms with van der Waals surface area (Å²) in [6.45, 7) is 0.740. The van der Waals surface area contributed by atoms with Crippen molar-refractivity contribution in [1.29, 1.82) is 0 Å². The van der Waals surface area contributed by atoms with E-state index in [9.17, 15) is 27.9 Å². The van der Waals surface area contributed by atoms with Gasteiger partial charge in [-0.25, -0.2) is 4.79 Å². The molecular formula is C22H20Cl2F3NO4. The minimum atomic E-state index is -4.83. The monoisotopic (exact) mass is 489 g/mol. The summed E-state index contributed by atoms with van der Waals surface area (Å²) in [6.07, 6.45) is -7.95. The first-order valence-corrected chi connectivity index (χ1v) is 10.5. The maximum Gasteiger partial charge on any atom is 0.391 e. The number of carboxylic acids is 1. The Balaban J connectivity index is 2.24. The number of carbonyl (C=O) groups excluding carboxylic acids is 1. The minimum absolute atomic E-state index is 0.361. The van der Waals surface area contributed by atoms with Crippen LogP contribution in [0.5, 0.6) is 0 Å². The average molecular weight is 490 g/mol. The standard InChI is InChI=1S/C22H20Cl2F3NO4/c1-2-21(20(30)31,12-22(25,26)27)28-17(29)11-32-19(14-4-3-5-16(24)10-14)18(28)13-6-8-15(23)9-7-13/h3-10,18-19H,2,11-12H2,1H3,(H,30,31)/t18-,19-,21+/m1/s1. The zero-order valence-electron chi connectivity index (χ0n) is 16.9. The van der Waals surface area contributed by atoms with Gasteiger partial charge in [0.05, 0.1) is 12.5 Å². The molecule has 32 heavy (non-hydrogen) atoms. The Bertz CT molecular complexity index is 999. The van der Waals surface area contributed by atoms with Gasteiger partial charge in [-0.05, 0) is 41.8 Å². The smallest absolute Gasteiger partial charge is 0.391 e. The van der Waals surface area contributed by atoms with Crippen LogP contribution < -0.4 is 0 Å². The predicted molar refractivity (Wildman–Crippen MR) is 113 cm³/mol. The van der Waals surface area contributed by atoms with Crippen molar-refractivity contribution < 1.29 is 32.6 Å². The van der Waals surface area contributed by atoms with Crippen LogP contribution in [0.3, 0.4) is 0 Å². The second kappa shape index (κ2) is 9.29. The van der Waals surface area contributed by atoms with Crippen molar-refractivity contribution in [3.8, 4) is 0 Å². The second-order valence-corrected chi connectivity index (χ2v) is 8.40. The molecule has 172 valence electrons. The van der Waals surface area contributed by atoms with E-state index in [4.69, 9.17) is 27.9 Å². The van der Waals surface area contributed by atoms with Crippen LogP contribution in [0.25, 0.3) is 0 Å². The van der Waals surface area contributed by atoms with Crippen LogP contribution in [0, 0.1) is 0 Å². The highest BCUT2D eigenvalue weighted by Crippen LogP contribution is 2.47. The van der Waals surface area contributed by atoms with E-state index in [0.29, 0.717) is 21.2 Å². The summed E-state index contributed by atoms with van der Waals surface area (Å²) in [5, 5.41) is 10.7. The van der Waals surface area contributed by atoms with Crippen molar-refractivity contribution >= 4 is 35.1 Å². The molecule has 3 rings (SSSR count). The predicted octanol–water partition coefficient (Wildman–Crippen LogP) is 5.82. The van der Waals surface area contributed by atoms with Crippen LogP contribution in [-0.4, -0.2) is 40.2 Å². The van der Waals surface area contributed by atoms with Gasteiger partial charge in [-0.15, -0.1) is 0 Å². The highest BCUT2D eigenvalue weighted by Gasteiger charge is 2.57. The second-order valence-electron chi connectivity index (χ2n) is 7.53. The van der Waals surface area contributed by atoms with E-state index in [-0.39, 0.29) is 0 Å². The highest BCUT2D eigenvalue weighted by atomic mass is 35.5. The lowest BCUT2D eigenvalue weighted by atomic mass is 9.83. The molecule has 1 aliphatic heterocycles. The number of halogens is 5. The molecule has 3 atom stereocenters. The largest absolute Gasteiger partial charge is 0.479 e. The summed E-state index contributed by atoms with van der Waals surface area (Å²) in [7, 11) is 0. The Morgan fingerprint density at radius 1 is 1.12 bits per heavy atom. The number of amides is 1. The van der Waals surface area contributed by atoms with Gasteiger partial charge in [0.2, 0.25) is 5.91 Å². The number of hydrogen-bond donors (Lipinski definition) is 1.